The summed E-state index contributed by atoms with van der Waals surface area (Å²) in [7, 11) is -2.09. The summed E-state index contributed by atoms with van der Waals surface area (Å²) in [5.74, 6) is -0.612. The van der Waals surface area contributed by atoms with E-state index in [9.17, 15) is 18.3 Å². The van der Waals surface area contributed by atoms with Gasteiger partial charge in [-0.2, -0.15) is 0 Å². The lowest BCUT2D eigenvalue weighted by Crippen LogP contribution is -2.49. The van der Waals surface area contributed by atoms with Gasteiger partial charge in [-0.05, 0) is 46.5 Å². The average Bonchev–Trinajstić information content (AvgIpc) is 3.10. The Hall–Kier alpha value is -1.45. The number of rotatable bonds is 7. The maximum atomic E-state index is 13.1. The third-order valence-electron chi connectivity index (χ3n) is 6.10. The van der Waals surface area contributed by atoms with Gasteiger partial charge in [0, 0.05) is 18.6 Å². The molecule has 1 amide bonds. The SMILES string of the molecule is COC1CCC(S(=O)(=O)C(C)(C)C(=O)Nc2cc(C(C)(C)[C@H](C)O)no2)CC1. The van der Waals surface area contributed by atoms with Crippen LogP contribution in [0.1, 0.15) is 66.0 Å². The van der Waals surface area contributed by atoms with E-state index < -0.39 is 37.3 Å². The van der Waals surface area contributed by atoms with E-state index in [0.29, 0.717) is 31.4 Å². The molecule has 0 aliphatic heterocycles. The number of nitrogens with zero attached hydrogens (tertiary/aromatic N) is 1. The zero-order valence-corrected chi connectivity index (χ0v) is 18.3. The fourth-order valence-corrected chi connectivity index (χ4v) is 5.27. The summed E-state index contributed by atoms with van der Waals surface area (Å²) in [6, 6.07) is 1.51. The number of hydrogen-bond acceptors (Lipinski definition) is 7. The summed E-state index contributed by atoms with van der Waals surface area (Å²) in [5.41, 5.74) is -0.204. The normalized spacial score (nSPS) is 22.7. The van der Waals surface area contributed by atoms with Crippen molar-refractivity contribution in [1.29, 1.82) is 0 Å². The molecule has 0 unspecified atom stereocenters. The van der Waals surface area contributed by atoms with E-state index in [1.54, 1.807) is 27.9 Å². The molecular formula is C19H32N2O6S. The van der Waals surface area contributed by atoms with Crippen molar-refractivity contribution in [2.24, 2.45) is 0 Å². The quantitative estimate of drug-likeness (QED) is 0.700. The van der Waals surface area contributed by atoms with Gasteiger partial charge >= 0.3 is 0 Å². The second-order valence-corrected chi connectivity index (χ2v) is 11.4. The molecule has 160 valence electrons. The van der Waals surface area contributed by atoms with Crippen LogP contribution in [0, 0.1) is 0 Å². The van der Waals surface area contributed by atoms with Crippen molar-refractivity contribution >= 4 is 21.6 Å². The fourth-order valence-electron chi connectivity index (χ4n) is 3.24. The highest BCUT2D eigenvalue weighted by atomic mass is 32.2. The van der Waals surface area contributed by atoms with Crippen molar-refractivity contribution in [3.05, 3.63) is 11.8 Å². The zero-order chi connectivity index (χ0) is 21.3. The molecular weight excluding hydrogens is 384 g/mol. The molecule has 2 N–H and O–H groups in total. The van der Waals surface area contributed by atoms with E-state index in [1.165, 1.54) is 19.9 Å². The molecule has 1 aliphatic carbocycles. The van der Waals surface area contributed by atoms with Crippen LogP contribution in [0.15, 0.2) is 10.6 Å². The van der Waals surface area contributed by atoms with Crippen molar-refractivity contribution in [1.82, 2.24) is 5.16 Å². The Morgan fingerprint density at radius 3 is 2.36 bits per heavy atom. The fraction of sp³-hybridized carbons (Fsp3) is 0.789. The Bertz CT molecular complexity index is 789. The van der Waals surface area contributed by atoms with E-state index in [4.69, 9.17) is 9.26 Å². The predicted octanol–water partition coefficient (Wildman–Crippen LogP) is 2.42. The molecule has 1 aliphatic rings. The topological polar surface area (TPSA) is 119 Å². The number of amides is 1. The van der Waals surface area contributed by atoms with Crippen LogP contribution in [-0.2, 0) is 24.8 Å². The van der Waals surface area contributed by atoms with Crippen LogP contribution in [0.25, 0.3) is 0 Å². The van der Waals surface area contributed by atoms with Crippen molar-refractivity contribution in [3.8, 4) is 0 Å². The minimum atomic E-state index is -3.72. The number of methoxy groups -OCH3 is 1. The van der Waals surface area contributed by atoms with E-state index in [1.807, 2.05) is 0 Å². The second kappa shape index (κ2) is 8.12. The number of ether oxygens (including phenoxy) is 1. The molecule has 9 heteroatoms. The minimum Gasteiger partial charge on any atom is -0.392 e. The summed E-state index contributed by atoms with van der Waals surface area (Å²) in [4.78, 5) is 12.8. The first-order valence-electron chi connectivity index (χ1n) is 9.57. The Labute approximate surface area is 166 Å². The first-order valence-corrected chi connectivity index (χ1v) is 11.1. The lowest BCUT2D eigenvalue weighted by Gasteiger charge is -2.33. The molecule has 0 saturated heterocycles. The van der Waals surface area contributed by atoms with Gasteiger partial charge in [-0.25, -0.2) is 8.42 Å². The number of aliphatic hydroxyl groups is 1. The number of aromatic nitrogens is 1. The van der Waals surface area contributed by atoms with Crippen LogP contribution in [0.4, 0.5) is 5.88 Å². The van der Waals surface area contributed by atoms with Crippen molar-refractivity contribution in [2.75, 3.05) is 12.4 Å². The van der Waals surface area contributed by atoms with Crippen LogP contribution in [-0.4, -0.2) is 53.9 Å². The summed E-state index contributed by atoms with van der Waals surface area (Å²) in [6.07, 6.45) is 1.68. The highest BCUT2D eigenvalue weighted by molar-refractivity contribution is 7.94. The predicted molar refractivity (Wildman–Crippen MR) is 106 cm³/mol. The second-order valence-electron chi connectivity index (χ2n) is 8.62. The summed E-state index contributed by atoms with van der Waals surface area (Å²) in [6.45, 7) is 8.06. The number of hydrogen-bond donors (Lipinski definition) is 2. The van der Waals surface area contributed by atoms with Gasteiger partial charge in [0.05, 0.1) is 23.2 Å². The Kier molecular flexibility index (Phi) is 6.62. The average molecular weight is 417 g/mol. The number of nitrogens with one attached hydrogen (secondary N) is 1. The summed E-state index contributed by atoms with van der Waals surface area (Å²) >= 11 is 0. The van der Waals surface area contributed by atoms with Gasteiger partial charge in [-0.3, -0.25) is 10.1 Å². The van der Waals surface area contributed by atoms with Gasteiger partial charge in [0.2, 0.25) is 11.8 Å². The van der Waals surface area contributed by atoms with Gasteiger partial charge in [-0.15, -0.1) is 0 Å². The molecule has 1 fully saturated rings. The molecule has 0 aromatic carbocycles. The molecule has 1 atom stereocenters. The molecule has 1 aromatic heterocycles. The van der Waals surface area contributed by atoms with E-state index in [-0.39, 0.29) is 12.0 Å². The van der Waals surface area contributed by atoms with Crippen molar-refractivity contribution in [2.45, 2.75) is 87.9 Å². The number of sulfone groups is 1. The number of carbonyl (C=O) groups is 1. The van der Waals surface area contributed by atoms with Gasteiger partial charge < -0.3 is 14.4 Å². The first-order chi connectivity index (χ1) is 12.8. The third kappa shape index (κ3) is 4.26. The molecule has 0 bridgehead atoms. The van der Waals surface area contributed by atoms with E-state index >= 15 is 0 Å². The van der Waals surface area contributed by atoms with Gasteiger partial charge in [0.25, 0.3) is 0 Å². The lowest BCUT2D eigenvalue weighted by molar-refractivity contribution is -0.118. The van der Waals surface area contributed by atoms with E-state index in [0.717, 1.165) is 0 Å². The van der Waals surface area contributed by atoms with Crippen molar-refractivity contribution < 1.29 is 27.6 Å². The van der Waals surface area contributed by atoms with Crippen LogP contribution in [0.2, 0.25) is 0 Å². The third-order valence-corrected chi connectivity index (χ3v) is 9.06. The van der Waals surface area contributed by atoms with Crippen LogP contribution in [0.5, 0.6) is 0 Å². The lowest BCUT2D eigenvalue weighted by atomic mass is 9.84. The molecule has 8 nitrogen and oxygen atoms in total. The van der Waals surface area contributed by atoms with Gasteiger partial charge in [0.1, 0.15) is 4.75 Å². The first kappa shape index (κ1) is 22.8. The Morgan fingerprint density at radius 1 is 1.29 bits per heavy atom. The van der Waals surface area contributed by atoms with Crippen LogP contribution >= 0.6 is 0 Å². The number of carbonyl (C=O) groups excluding carboxylic acids is 1. The maximum absolute atomic E-state index is 13.1. The molecule has 2 rings (SSSR count). The minimum absolute atomic E-state index is 0.0556. The summed E-state index contributed by atoms with van der Waals surface area (Å²) < 4.78 is 35.0. The van der Waals surface area contributed by atoms with Crippen molar-refractivity contribution in [3.63, 3.8) is 0 Å². The van der Waals surface area contributed by atoms with Gasteiger partial charge in [0.15, 0.2) is 9.84 Å². The molecule has 1 aromatic rings. The maximum Gasteiger partial charge on any atom is 0.247 e. The highest BCUT2D eigenvalue weighted by Crippen LogP contribution is 2.34. The monoisotopic (exact) mass is 416 g/mol. The zero-order valence-electron chi connectivity index (χ0n) is 17.5. The summed E-state index contributed by atoms with van der Waals surface area (Å²) in [5, 5.41) is 15.7. The molecule has 1 heterocycles. The smallest absolute Gasteiger partial charge is 0.247 e. The molecule has 0 radical (unpaired) electrons. The Morgan fingerprint density at radius 2 is 1.86 bits per heavy atom. The molecule has 28 heavy (non-hydrogen) atoms. The molecule has 1 saturated carbocycles. The standard InChI is InChI=1S/C19H32N2O6S/c1-12(22)18(2,3)15-11-16(27-21-15)20-17(23)19(4,5)28(24,25)14-9-7-13(26-6)8-10-14/h11-14,22H,7-10H2,1-6H3,(H,20,23)/t12-,13?,14?/m0/s1. The molecule has 0 spiro atoms. The van der Waals surface area contributed by atoms with E-state index in [2.05, 4.69) is 10.5 Å². The van der Waals surface area contributed by atoms with Crippen LogP contribution in [0.3, 0.4) is 0 Å². The largest absolute Gasteiger partial charge is 0.392 e. The number of aliphatic hydroxyl groups excluding tert-OH is 1. The van der Waals surface area contributed by atoms with Gasteiger partial charge in [-0.1, -0.05) is 19.0 Å². The van der Waals surface area contributed by atoms with Crippen LogP contribution < -0.4 is 5.32 Å². The Balaban J connectivity index is 2.13. The number of anilines is 1. The highest BCUT2D eigenvalue weighted by Gasteiger charge is 2.47.